The van der Waals surface area contributed by atoms with Crippen molar-refractivity contribution in [1.29, 1.82) is 0 Å². The minimum absolute atomic E-state index is 0.0812. The number of hydrogen-bond acceptors (Lipinski definition) is 5. The molecule has 1 aliphatic rings. The Bertz CT molecular complexity index is 1330. The quantitative estimate of drug-likeness (QED) is 0.410. The Kier molecular flexibility index (Phi) is 5.58. The van der Waals surface area contributed by atoms with E-state index in [2.05, 4.69) is 31.0 Å². The molecule has 1 aliphatic carbocycles. The maximum atomic E-state index is 13.5. The number of aromatic nitrogens is 2. The number of para-hydroxylation sites is 1. The van der Waals surface area contributed by atoms with Crippen LogP contribution in [0.1, 0.15) is 46.0 Å². The first-order chi connectivity index (χ1) is 15.0. The third-order valence-electron chi connectivity index (χ3n) is 5.63. The number of fused-ring (bicyclic) bond motifs is 1. The molecule has 1 unspecified atom stereocenters. The van der Waals surface area contributed by atoms with Crippen LogP contribution in [0.15, 0.2) is 64.6 Å². The fourth-order valence-corrected chi connectivity index (χ4v) is 5.22. The molecule has 1 aromatic heterocycles. The average Bonchev–Trinajstić information content (AvgIpc) is 3.10. The van der Waals surface area contributed by atoms with Crippen molar-refractivity contribution in [1.82, 2.24) is 14.6 Å². The van der Waals surface area contributed by atoms with Gasteiger partial charge < -0.3 is 0 Å². The summed E-state index contributed by atoms with van der Waals surface area (Å²) < 4.78 is 27.2. The first-order valence-corrected chi connectivity index (χ1v) is 12.4. The minimum Gasteiger partial charge on any atom is -0.287 e. The van der Waals surface area contributed by atoms with Crippen molar-refractivity contribution in [3.63, 3.8) is 0 Å². The van der Waals surface area contributed by atoms with E-state index in [1.807, 2.05) is 51.1 Å². The number of rotatable bonds is 4. The summed E-state index contributed by atoms with van der Waals surface area (Å²) in [4.78, 5) is 15.5. The second-order valence-electron chi connectivity index (χ2n) is 8.37. The van der Waals surface area contributed by atoms with Crippen molar-refractivity contribution in [2.24, 2.45) is 10.5 Å². The molecule has 1 atom stereocenters. The first kappa shape index (κ1) is 22.4. The van der Waals surface area contributed by atoms with E-state index < -0.39 is 15.4 Å². The molecule has 0 aliphatic heterocycles. The summed E-state index contributed by atoms with van der Waals surface area (Å²) in [6, 6.07) is 16.0. The van der Waals surface area contributed by atoms with Crippen molar-refractivity contribution in [3.05, 3.63) is 77.1 Å². The molecule has 166 valence electrons. The van der Waals surface area contributed by atoms with Gasteiger partial charge in [0.05, 0.1) is 32.4 Å². The number of benzene rings is 2. The topological polar surface area (TPSA) is 93.4 Å². The van der Waals surface area contributed by atoms with Crippen LogP contribution in [-0.2, 0) is 10.0 Å². The molecule has 32 heavy (non-hydrogen) atoms. The van der Waals surface area contributed by atoms with Gasteiger partial charge in [0.25, 0.3) is 10.0 Å². The summed E-state index contributed by atoms with van der Waals surface area (Å²) in [5.41, 5.74) is 2.82. The largest absolute Gasteiger partial charge is 0.287 e. The van der Waals surface area contributed by atoms with Crippen LogP contribution in [-0.4, -0.2) is 29.7 Å². The van der Waals surface area contributed by atoms with Crippen LogP contribution in [0.3, 0.4) is 0 Å². The van der Waals surface area contributed by atoms with E-state index in [1.54, 1.807) is 23.7 Å². The standard InChI is InChI=1S/C23H23BrN4O3S/c1-14-10-12-17(13-11-14)32(30,31)27-25-22-20(29)18-15(2)26-28(16-8-6-5-7-9-16)19(18)21(24)23(22,3)4/h5-13,21,27H,1-4H3/b25-22-. The highest BCUT2D eigenvalue weighted by atomic mass is 79.9. The number of ketones is 1. The van der Waals surface area contributed by atoms with E-state index in [0.717, 1.165) is 16.9 Å². The fourth-order valence-electron chi connectivity index (χ4n) is 3.77. The molecule has 0 saturated heterocycles. The Balaban J connectivity index is 1.78. The third kappa shape index (κ3) is 3.69. The molecule has 0 amide bonds. The molecule has 7 nitrogen and oxygen atoms in total. The molecular formula is C23H23BrN4O3S. The van der Waals surface area contributed by atoms with Gasteiger partial charge in [0.2, 0.25) is 5.78 Å². The first-order valence-electron chi connectivity index (χ1n) is 10.0. The van der Waals surface area contributed by atoms with Gasteiger partial charge in [-0.3, -0.25) is 4.79 Å². The molecule has 0 spiro atoms. The van der Waals surface area contributed by atoms with E-state index in [4.69, 9.17) is 0 Å². The van der Waals surface area contributed by atoms with E-state index >= 15 is 0 Å². The van der Waals surface area contributed by atoms with Crippen molar-refractivity contribution in [3.8, 4) is 5.69 Å². The molecule has 3 aromatic rings. The molecule has 0 fully saturated rings. The number of halogens is 1. The number of hydrogen-bond donors (Lipinski definition) is 1. The van der Waals surface area contributed by atoms with E-state index in [9.17, 15) is 13.2 Å². The van der Waals surface area contributed by atoms with Crippen LogP contribution in [0.4, 0.5) is 0 Å². The van der Waals surface area contributed by atoms with Crippen molar-refractivity contribution in [2.75, 3.05) is 0 Å². The third-order valence-corrected chi connectivity index (χ3v) is 8.43. The normalized spacial score (nSPS) is 19.1. The highest BCUT2D eigenvalue weighted by Crippen LogP contribution is 2.48. The Morgan fingerprint density at radius 1 is 1.06 bits per heavy atom. The Morgan fingerprint density at radius 2 is 1.69 bits per heavy atom. The lowest BCUT2D eigenvalue weighted by Crippen LogP contribution is -2.42. The van der Waals surface area contributed by atoms with Crippen LogP contribution in [0.25, 0.3) is 5.69 Å². The zero-order valence-electron chi connectivity index (χ0n) is 18.1. The highest BCUT2D eigenvalue weighted by molar-refractivity contribution is 9.09. The molecule has 2 aromatic carbocycles. The lowest BCUT2D eigenvalue weighted by atomic mass is 9.73. The lowest BCUT2D eigenvalue weighted by Gasteiger charge is -2.35. The van der Waals surface area contributed by atoms with Gasteiger partial charge in [-0.05, 0) is 38.1 Å². The van der Waals surface area contributed by atoms with Crippen molar-refractivity contribution < 1.29 is 13.2 Å². The van der Waals surface area contributed by atoms with Crippen LogP contribution in [0, 0.1) is 19.3 Å². The number of nitrogens with one attached hydrogen (secondary N) is 1. The highest BCUT2D eigenvalue weighted by Gasteiger charge is 2.48. The van der Waals surface area contributed by atoms with Gasteiger partial charge in [0.15, 0.2) is 0 Å². The zero-order valence-corrected chi connectivity index (χ0v) is 20.5. The van der Waals surface area contributed by atoms with Gasteiger partial charge in [0.1, 0.15) is 5.71 Å². The molecule has 0 radical (unpaired) electrons. The lowest BCUT2D eigenvalue weighted by molar-refractivity contribution is 0.104. The van der Waals surface area contributed by atoms with Crippen LogP contribution in [0.2, 0.25) is 0 Å². The van der Waals surface area contributed by atoms with Gasteiger partial charge in [-0.1, -0.05) is 65.7 Å². The zero-order chi connectivity index (χ0) is 23.3. The predicted molar refractivity (Wildman–Crippen MR) is 127 cm³/mol. The molecule has 4 rings (SSSR count). The number of nitrogens with zero attached hydrogens (tertiary/aromatic N) is 3. The molecule has 1 heterocycles. The van der Waals surface area contributed by atoms with E-state index in [-0.39, 0.29) is 21.2 Å². The number of hydrazone groups is 1. The van der Waals surface area contributed by atoms with Gasteiger partial charge >= 0.3 is 0 Å². The molecule has 1 N–H and O–H groups in total. The number of Topliss-reactive ketones (excluding diaryl/α,β-unsaturated/α-hetero) is 1. The summed E-state index contributed by atoms with van der Waals surface area (Å²) in [5.74, 6) is -0.341. The van der Waals surface area contributed by atoms with E-state index in [0.29, 0.717) is 11.3 Å². The SMILES string of the molecule is Cc1ccc(S(=O)(=O)N/N=C2/C(=O)c3c(C)nn(-c4ccccc4)c3C(Br)C2(C)C)cc1. The smallest absolute Gasteiger partial charge is 0.276 e. The number of sulfonamides is 1. The maximum Gasteiger partial charge on any atom is 0.276 e. The second-order valence-corrected chi connectivity index (χ2v) is 11.0. The summed E-state index contributed by atoms with van der Waals surface area (Å²) >= 11 is 3.74. The summed E-state index contributed by atoms with van der Waals surface area (Å²) in [6.45, 7) is 7.34. The van der Waals surface area contributed by atoms with Gasteiger partial charge in [-0.2, -0.15) is 23.4 Å². The molecular weight excluding hydrogens is 492 g/mol. The number of aryl methyl sites for hydroxylation is 2. The van der Waals surface area contributed by atoms with E-state index in [1.165, 1.54) is 12.1 Å². The monoisotopic (exact) mass is 514 g/mol. The summed E-state index contributed by atoms with van der Waals surface area (Å²) in [6.07, 6.45) is 0. The van der Waals surface area contributed by atoms with Gasteiger partial charge in [0, 0.05) is 5.41 Å². The number of carbonyl (C=O) groups is 1. The number of alkyl halides is 1. The molecule has 0 bridgehead atoms. The Hall–Kier alpha value is -2.78. The Morgan fingerprint density at radius 3 is 2.31 bits per heavy atom. The fraction of sp³-hybridized carbons (Fsp3) is 0.261. The van der Waals surface area contributed by atoms with Crippen LogP contribution >= 0.6 is 15.9 Å². The minimum atomic E-state index is -3.92. The van der Waals surface area contributed by atoms with Crippen LogP contribution in [0.5, 0.6) is 0 Å². The van der Waals surface area contributed by atoms with Gasteiger partial charge in [-0.25, -0.2) is 4.68 Å². The predicted octanol–water partition coefficient (Wildman–Crippen LogP) is 4.48. The van der Waals surface area contributed by atoms with Crippen molar-refractivity contribution in [2.45, 2.75) is 37.4 Å². The molecule has 0 saturated carbocycles. The summed E-state index contributed by atoms with van der Waals surface area (Å²) in [7, 11) is -3.92. The maximum absolute atomic E-state index is 13.5. The molecule has 9 heteroatoms. The van der Waals surface area contributed by atoms with Crippen LogP contribution < -0.4 is 4.83 Å². The van der Waals surface area contributed by atoms with Gasteiger partial charge in [-0.15, -0.1) is 0 Å². The van der Waals surface area contributed by atoms with Crippen molar-refractivity contribution >= 4 is 37.4 Å². The Labute approximate surface area is 195 Å². The number of carbonyl (C=O) groups excluding carboxylic acids is 1. The average molecular weight is 515 g/mol. The second kappa shape index (κ2) is 7.97. The summed E-state index contributed by atoms with van der Waals surface area (Å²) in [5, 5.41) is 8.72.